The first-order valence-electron chi connectivity index (χ1n) is 10.2. The zero-order valence-electron chi connectivity index (χ0n) is 18.1. The van der Waals surface area contributed by atoms with Crippen molar-refractivity contribution >= 4 is 41.1 Å². The molecule has 3 aromatic rings. The fourth-order valence-electron chi connectivity index (χ4n) is 3.47. The van der Waals surface area contributed by atoms with Crippen LogP contribution in [0.4, 0.5) is 0 Å². The van der Waals surface area contributed by atoms with Gasteiger partial charge in [0.2, 0.25) is 0 Å². The van der Waals surface area contributed by atoms with Crippen LogP contribution in [0.3, 0.4) is 0 Å². The highest BCUT2D eigenvalue weighted by Crippen LogP contribution is 2.31. The predicted molar refractivity (Wildman–Crippen MR) is 126 cm³/mol. The molecule has 0 aliphatic carbocycles. The number of nitrogens with zero attached hydrogens (tertiary/aromatic N) is 1. The van der Waals surface area contributed by atoms with Gasteiger partial charge in [-0.3, -0.25) is 9.36 Å². The average Bonchev–Trinajstić information content (AvgIpc) is 3.08. The van der Waals surface area contributed by atoms with E-state index < -0.39 is 5.97 Å². The van der Waals surface area contributed by atoms with Gasteiger partial charge in [0.25, 0.3) is 5.56 Å². The lowest BCUT2D eigenvalue weighted by Crippen LogP contribution is -2.32. The number of halogens is 1. The highest BCUT2D eigenvalue weighted by molar-refractivity contribution is 7.07. The molecule has 0 radical (unpaired) electrons. The fourth-order valence-corrected chi connectivity index (χ4v) is 4.77. The van der Waals surface area contributed by atoms with Crippen molar-refractivity contribution in [3.63, 3.8) is 0 Å². The number of carbonyl (C=O) groups is 1. The van der Waals surface area contributed by atoms with Gasteiger partial charge in [-0.15, -0.1) is 11.3 Å². The molecular formula is C24H22ClNO6S. The number of hydrogen-bond donors (Lipinski definition) is 0. The summed E-state index contributed by atoms with van der Waals surface area (Å²) in [5, 5.41) is 0.516. The molecule has 0 spiro atoms. The van der Waals surface area contributed by atoms with E-state index in [1.165, 1.54) is 22.0 Å². The maximum atomic E-state index is 13.4. The lowest BCUT2D eigenvalue weighted by molar-refractivity contribution is -0.135. The quantitative estimate of drug-likeness (QED) is 0.498. The van der Waals surface area contributed by atoms with E-state index in [1.54, 1.807) is 32.2 Å². The monoisotopic (exact) mass is 487 g/mol. The van der Waals surface area contributed by atoms with E-state index in [0.29, 0.717) is 26.6 Å². The third-order valence-corrected chi connectivity index (χ3v) is 6.24. The van der Waals surface area contributed by atoms with E-state index >= 15 is 0 Å². The molecule has 0 unspecified atom stereocenters. The Morgan fingerprint density at radius 2 is 2.06 bits per heavy atom. The van der Waals surface area contributed by atoms with Crippen molar-refractivity contribution in [1.82, 2.24) is 4.57 Å². The van der Waals surface area contributed by atoms with E-state index in [0.717, 1.165) is 22.4 Å². The van der Waals surface area contributed by atoms with Crippen LogP contribution in [0.25, 0.3) is 12.2 Å². The van der Waals surface area contributed by atoms with Crippen molar-refractivity contribution in [3.05, 3.63) is 77.7 Å². The minimum atomic E-state index is -0.513. The first-order chi connectivity index (χ1) is 16.0. The number of esters is 1. The molecule has 2 heterocycles. The summed E-state index contributed by atoms with van der Waals surface area (Å²) in [6.07, 6.45) is 3.12. The molecule has 0 saturated carbocycles. The van der Waals surface area contributed by atoms with Gasteiger partial charge in [-0.25, -0.2) is 4.79 Å². The van der Waals surface area contributed by atoms with Crippen LogP contribution in [0.15, 0.2) is 41.2 Å². The van der Waals surface area contributed by atoms with Crippen LogP contribution in [0.2, 0.25) is 5.02 Å². The van der Waals surface area contributed by atoms with Gasteiger partial charge in [-0.05, 0) is 42.8 Å². The van der Waals surface area contributed by atoms with E-state index in [9.17, 15) is 9.59 Å². The summed E-state index contributed by atoms with van der Waals surface area (Å²) < 4.78 is 23.8. The summed E-state index contributed by atoms with van der Waals surface area (Å²) in [7, 11) is 1.60. The Morgan fingerprint density at radius 3 is 2.79 bits per heavy atom. The maximum Gasteiger partial charge on any atom is 0.333 e. The van der Waals surface area contributed by atoms with Crippen molar-refractivity contribution in [1.29, 1.82) is 0 Å². The molecule has 0 N–H and O–H groups in total. The van der Waals surface area contributed by atoms with Crippen molar-refractivity contribution in [2.75, 3.05) is 20.5 Å². The number of hydrogen-bond acceptors (Lipinski definition) is 7. The van der Waals surface area contributed by atoms with Crippen molar-refractivity contribution in [2.24, 2.45) is 0 Å². The molecule has 4 rings (SSSR count). The van der Waals surface area contributed by atoms with Gasteiger partial charge in [0, 0.05) is 16.1 Å². The van der Waals surface area contributed by atoms with Crippen LogP contribution in [0, 0.1) is 0 Å². The summed E-state index contributed by atoms with van der Waals surface area (Å²) in [4.78, 5) is 25.5. The van der Waals surface area contributed by atoms with Crippen molar-refractivity contribution in [2.45, 2.75) is 20.1 Å². The van der Waals surface area contributed by atoms with Gasteiger partial charge in [-0.2, -0.15) is 0 Å². The van der Waals surface area contributed by atoms with E-state index in [2.05, 4.69) is 0 Å². The molecule has 33 heavy (non-hydrogen) atoms. The van der Waals surface area contributed by atoms with Gasteiger partial charge < -0.3 is 18.9 Å². The van der Waals surface area contributed by atoms with Crippen LogP contribution in [-0.2, 0) is 27.4 Å². The number of aromatic nitrogens is 1. The van der Waals surface area contributed by atoms with Crippen LogP contribution in [-0.4, -0.2) is 31.0 Å². The Kier molecular flexibility index (Phi) is 7.17. The van der Waals surface area contributed by atoms with Gasteiger partial charge >= 0.3 is 5.97 Å². The van der Waals surface area contributed by atoms with Crippen molar-refractivity contribution < 1.29 is 23.7 Å². The minimum Gasteiger partial charge on any atom is -0.497 e. The maximum absolute atomic E-state index is 13.4. The van der Waals surface area contributed by atoms with Gasteiger partial charge in [-0.1, -0.05) is 23.7 Å². The normalized spacial score (nSPS) is 14.0. The fraction of sp³-hybridized carbons (Fsp3) is 0.250. The molecule has 0 amide bonds. The van der Waals surface area contributed by atoms with E-state index in [-0.39, 0.29) is 25.5 Å². The highest BCUT2D eigenvalue weighted by Gasteiger charge is 2.18. The average molecular weight is 488 g/mol. The van der Waals surface area contributed by atoms with Crippen LogP contribution in [0.1, 0.15) is 23.6 Å². The topological polar surface area (TPSA) is 76.0 Å². The summed E-state index contributed by atoms with van der Waals surface area (Å²) >= 11 is 7.51. The molecule has 1 aliphatic heterocycles. The first kappa shape index (κ1) is 23.1. The van der Waals surface area contributed by atoms with Gasteiger partial charge in [0.15, 0.2) is 6.79 Å². The third kappa shape index (κ3) is 5.30. The Hall–Kier alpha value is -3.07. The van der Waals surface area contributed by atoms with Crippen LogP contribution in [0.5, 0.6) is 11.5 Å². The molecule has 0 bridgehead atoms. The predicted octanol–water partition coefficient (Wildman–Crippen LogP) is 2.66. The second-order valence-electron chi connectivity index (χ2n) is 7.17. The number of ether oxygens (including phenoxy) is 4. The Balaban J connectivity index is 1.83. The third-order valence-electron chi connectivity index (χ3n) is 4.96. The second kappa shape index (κ2) is 10.2. The number of fused-ring (bicyclic) bond motifs is 1. The molecule has 0 saturated heterocycles. The summed E-state index contributed by atoms with van der Waals surface area (Å²) in [6.45, 7) is 2.65. The van der Waals surface area contributed by atoms with Crippen LogP contribution < -0.4 is 24.2 Å². The second-order valence-corrected chi connectivity index (χ2v) is 8.67. The molecule has 9 heteroatoms. The van der Waals surface area contributed by atoms with E-state index in [1.807, 2.05) is 24.3 Å². The number of thiazole rings is 1. The standard InChI is InChI=1S/C24H22ClNO6S/c1-3-31-22(27)11-21-26(12-16-9-18(25)10-17-13-30-14-32-23(16)17)24(28)20(33-21)8-15-4-6-19(29-2)7-5-15/h4-11H,3,12-14H2,1-2H3/b20-8+,21-11-. The molecular weight excluding hydrogens is 466 g/mol. The Morgan fingerprint density at radius 1 is 1.27 bits per heavy atom. The molecule has 1 aliphatic rings. The first-order valence-corrected chi connectivity index (χ1v) is 11.4. The minimum absolute atomic E-state index is 0.123. The largest absolute Gasteiger partial charge is 0.497 e. The van der Waals surface area contributed by atoms with E-state index in [4.69, 9.17) is 30.5 Å². The number of benzene rings is 2. The summed E-state index contributed by atoms with van der Waals surface area (Å²) in [6, 6.07) is 10.9. The lowest BCUT2D eigenvalue weighted by atomic mass is 10.1. The summed E-state index contributed by atoms with van der Waals surface area (Å²) in [5.41, 5.74) is 2.15. The highest BCUT2D eigenvalue weighted by atomic mass is 35.5. The molecule has 172 valence electrons. The molecule has 0 fully saturated rings. The van der Waals surface area contributed by atoms with Crippen molar-refractivity contribution in [3.8, 4) is 11.5 Å². The van der Waals surface area contributed by atoms with Crippen LogP contribution >= 0.6 is 22.9 Å². The molecule has 2 aromatic carbocycles. The smallest absolute Gasteiger partial charge is 0.333 e. The molecule has 7 nitrogen and oxygen atoms in total. The Labute approximate surface area is 199 Å². The zero-order valence-corrected chi connectivity index (χ0v) is 19.7. The number of rotatable bonds is 6. The molecule has 0 atom stereocenters. The Bertz CT molecular complexity index is 1340. The SMILES string of the molecule is CCOC(=O)/C=c1\s/c(=C/c2ccc(OC)cc2)c(=O)n1Cc1cc(Cl)cc2c1OCOC2. The van der Waals surface area contributed by atoms with Gasteiger partial charge in [0.1, 0.15) is 16.2 Å². The summed E-state index contributed by atoms with van der Waals surface area (Å²) in [5.74, 6) is 0.856. The molecule has 1 aromatic heterocycles. The zero-order chi connectivity index (χ0) is 23.4. The number of carbonyl (C=O) groups excluding carboxylic acids is 1. The number of methoxy groups -OCH3 is 1. The lowest BCUT2D eigenvalue weighted by Gasteiger charge is -2.21. The van der Waals surface area contributed by atoms with Gasteiger partial charge in [0.05, 0.1) is 37.5 Å².